The Morgan fingerprint density at radius 1 is 0.929 bits per heavy atom. The van der Waals surface area contributed by atoms with Gasteiger partial charge in [-0.2, -0.15) is 5.10 Å². The highest BCUT2D eigenvalue weighted by Gasteiger charge is 2.21. The third kappa shape index (κ3) is 5.38. The number of benzene rings is 2. The lowest BCUT2D eigenvalue weighted by Gasteiger charge is -2.13. The van der Waals surface area contributed by atoms with Gasteiger partial charge in [-0.05, 0) is 63.8 Å². The molecule has 0 aliphatic carbocycles. The van der Waals surface area contributed by atoms with Crippen LogP contribution >= 0.6 is 0 Å². The Morgan fingerprint density at radius 2 is 1.76 bits per heavy atom. The average molecular weight is 568 g/mol. The van der Waals surface area contributed by atoms with E-state index in [0.29, 0.717) is 45.9 Å². The predicted octanol–water partition coefficient (Wildman–Crippen LogP) is 6.30. The Morgan fingerprint density at radius 3 is 2.57 bits per heavy atom. The first-order valence-corrected chi connectivity index (χ1v) is 13.7. The minimum absolute atomic E-state index is 0.163. The number of aromatic amines is 2. The summed E-state index contributed by atoms with van der Waals surface area (Å²) in [5.41, 5.74) is 5.69. The molecule has 9 nitrogen and oxygen atoms in total. The molecule has 2 aromatic carbocycles. The Balaban J connectivity index is 1.41. The molecule has 42 heavy (non-hydrogen) atoms. The van der Waals surface area contributed by atoms with Crippen molar-refractivity contribution in [2.75, 3.05) is 37.8 Å². The van der Waals surface area contributed by atoms with Gasteiger partial charge in [-0.3, -0.25) is 15.1 Å². The first-order chi connectivity index (χ1) is 20.3. The number of hydrogen-bond acceptors (Lipinski definition) is 7. The smallest absolute Gasteiger partial charge is 0.161 e. The van der Waals surface area contributed by atoms with Crippen LogP contribution in [0.4, 0.5) is 20.2 Å². The minimum atomic E-state index is -0.529. The number of fused-ring (bicyclic) bond motifs is 2. The highest BCUT2D eigenvalue weighted by atomic mass is 19.1. The summed E-state index contributed by atoms with van der Waals surface area (Å²) < 4.78 is 30.8. The van der Waals surface area contributed by atoms with E-state index in [2.05, 4.69) is 40.7 Å². The summed E-state index contributed by atoms with van der Waals surface area (Å²) in [7, 11) is 3.97. The molecule has 0 aliphatic rings. The largest absolute Gasteiger partial charge is 0.384 e. The summed E-state index contributed by atoms with van der Waals surface area (Å²) in [5, 5.41) is 14.1. The fraction of sp³-hybridized carbons (Fsp3) is 0.226. The maximum Gasteiger partial charge on any atom is 0.161 e. The van der Waals surface area contributed by atoms with Crippen LogP contribution in [0, 0.1) is 11.6 Å². The van der Waals surface area contributed by atoms with Crippen molar-refractivity contribution in [2.45, 2.75) is 19.9 Å². The van der Waals surface area contributed by atoms with Crippen LogP contribution in [0.15, 0.2) is 61.1 Å². The molecule has 0 fully saturated rings. The Labute approximate surface area is 241 Å². The van der Waals surface area contributed by atoms with Gasteiger partial charge >= 0.3 is 0 Å². The number of nitrogens with zero attached hydrogens (tertiary/aromatic N) is 5. The second-order valence-electron chi connectivity index (χ2n) is 10.8. The SMILES string of the molecule is CC(C)Nc1cncc(-c2ncc3[nH]nc(-c4nc5c(-c6cc(F)cc(NCCN(C)C)c6)cccc5[nH]4)c3c2F)c1. The van der Waals surface area contributed by atoms with E-state index in [9.17, 15) is 4.39 Å². The van der Waals surface area contributed by atoms with Gasteiger partial charge in [0.1, 0.15) is 17.2 Å². The first kappa shape index (κ1) is 27.3. The van der Waals surface area contributed by atoms with Gasteiger partial charge < -0.3 is 20.5 Å². The molecule has 4 N–H and O–H groups in total. The number of likely N-dealkylation sites (N-methyl/N-ethyl adjacent to an activating group) is 1. The van der Waals surface area contributed by atoms with Gasteiger partial charge in [-0.15, -0.1) is 0 Å². The highest BCUT2D eigenvalue weighted by Crippen LogP contribution is 2.35. The van der Waals surface area contributed by atoms with Crippen molar-refractivity contribution in [3.8, 4) is 33.9 Å². The normalized spacial score (nSPS) is 11.7. The van der Waals surface area contributed by atoms with Crippen molar-refractivity contribution < 1.29 is 8.78 Å². The van der Waals surface area contributed by atoms with Gasteiger partial charge in [-0.1, -0.05) is 12.1 Å². The summed E-state index contributed by atoms with van der Waals surface area (Å²) >= 11 is 0. The minimum Gasteiger partial charge on any atom is -0.384 e. The van der Waals surface area contributed by atoms with Crippen molar-refractivity contribution in [1.82, 2.24) is 35.0 Å². The van der Waals surface area contributed by atoms with Crippen LogP contribution < -0.4 is 10.6 Å². The topological polar surface area (TPSA) is 110 Å². The molecule has 0 spiro atoms. The fourth-order valence-electron chi connectivity index (χ4n) is 4.98. The van der Waals surface area contributed by atoms with Crippen molar-refractivity contribution in [3.05, 3.63) is 72.7 Å². The molecule has 4 heterocycles. The van der Waals surface area contributed by atoms with Crippen molar-refractivity contribution in [3.63, 3.8) is 0 Å². The van der Waals surface area contributed by atoms with E-state index in [1.807, 2.05) is 58.3 Å². The zero-order chi connectivity index (χ0) is 29.4. The molecule has 4 aromatic heterocycles. The molecule has 0 saturated heterocycles. The number of para-hydroxylation sites is 1. The highest BCUT2D eigenvalue weighted by molar-refractivity contribution is 5.98. The van der Waals surface area contributed by atoms with Crippen LogP contribution in [0.3, 0.4) is 0 Å². The second kappa shape index (κ2) is 11.2. The molecule has 0 radical (unpaired) electrons. The zero-order valence-corrected chi connectivity index (χ0v) is 23.8. The van der Waals surface area contributed by atoms with E-state index in [1.54, 1.807) is 18.6 Å². The molecular weight excluding hydrogens is 536 g/mol. The molecular formula is C31H31F2N9. The number of H-pyrrole nitrogens is 2. The molecule has 0 unspecified atom stereocenters. The number of anilines is 2. The lowest BCUT2D eigenvalue weighted by atomic mass is 10.0. The molecule has 6 aromatic rings. The van der Waals surface area contributed by atoms with Gasteiger partial charge in [0.2, 0.25) is 0 Å². The quantitative estimate of drug-likeness (QED) is 0.162. The van der Waals surface area contributed by atoms with Crippen LogP contribution in [-0.2, 0) is 0 Å². The molecule has 0 amide bonds. The fourth-order valence-corrected chi connectivity index (χ4v) is 4.98. The van der Waals surface area contributed by atoms with E-state index < -0.39 is 5.82 Å². The predicted molar refractivity (Wildman–Crippen MR) is 163 cm³/mol. The molecule has 214 valence electrons. The number of aromatic nitrogens is 6. The zero-order valence-electron chi connectivity index (χ0n) is 23.8. The monoisotopic (exact) mass is 567 g/mol. The van der Waals surface area contributed by atoms with Gasteiger partial charge in [0.05, 0.1) is 33.8 Å². The van der Waals surface area contributed by atoms with Crippen molar-refractivity contribution in [2.24, 2.45) is 0 Å². The number of nitrogens with one attached hydrogen (secondary N) is 4. The van der Waals surface area contributed by atoms with Crippen LogP contribution in [-0.4, -0.2) is 68.3 Å². The average Bonchev–Trinajstić information content (AvgIpc) is 3.57. The second-order valence-corrected chi connectivity index (χ2v) is 10.8. The van der Waals surface area contributed by atoms with Crippen molar-refractivity contribution >= 4 is 33.3 Å². The third-order valence-corrected chi connectivity index (χ3v) is 6.85. The maximum absolute atomic E-state index is 16.1. The molecule has 11 heteroatoms. The van der Waals surface area contributed by atoms with E-state index in [-0.39, 0.29) is 22.9 Å². The summed E-state index contributed by atoms with van der Waals surface area (Å²) in [6, 6.07) is 12.5. The van der Waals surface area contributed by atoms with Gasteiger partial charge in [0, 0.05) is 48.3 Å². The van der Waals surface area contributed by atoms with Crippen molar-refractivity contribution in [1.29, 1.82) is 0 Å². The molecule has 6 rings (SSSR count). The summed E-state index contributed by atoms with van der Waals surface area (Å²) in [6.07, 6.45) is 4.83. The summed E-state index contributed by atoms with van der Waals surface area (Å²) in [5.74, 6) is -0.497. The number of rotatable bonds is 9. The molecule has 0 aliphatic heterocycles. The van der Waals surface area contributed by atoms with E-state index in [4.69, 9.17) is 4.98 Å². The van der Waals surface area contributed by atoms with Crippen LogP contribution in [0.25, 0.3) is 55.8 Å². The van der Waals surface area contributed by atoms with Gasteiger partial charge in [-0.25, -0.2) is 13.8 Å². The van der Waals surface area contributed by atoms with Crippen LogP contribution in [0.5, 0.6) is 0 Å². The standard InChI is InChI=1S/C31H31F2N9/c1-17(2)37-22-12-19(14-34-15-22)28-27(33)26-25(16-36-28)40-41-30(26)31-38-24-7-5-6-23(29(24)39-31)18-10-20(32)13-21(11-18)35-8-9-42(3)4/h5-7,10-17,35,37H,8-9H2,1-4H3,(H,38,39)(H,40,41). The van der Waals surface area contributed by atoms with Crippen LogP contribution in [0.1, 0.15) is 13.8 Å². The lowest BCUT2D eigenvalue weighted by Crippen LogP contribution is -2.20. The van der Waals surface area contributed by atoms with E-state index in [0.717, 1.165) is 23.3 Å². The maximum atomic E-state index is 16.1. The van der Waals surface area contributed by atoms with E-state index in [1.165, 1.54) is 12.1 Å². The number of halogens is 2. The summed E-state index contributed by atoms with van der Waals surface area (Å²) in [6.45, 7) is 5.53. The van der Waals surface area contributed by atoms with Crippen LogP contribution in [0.2, 0.25) is 0 Å². The molecule has 0 bridgehead atoms. The Kier molecular flexibility index (Phi) is 7.26. The number of imidazole rings is 1. The first-order valence-electron chi connectivity index (χ1n) is 13.7. The van der Waals surface area contributed by atoms with Gasteiger partial charge in [0.25, 0.3) is 0 Å². The Hall–Kier alpha value is -4.90. The van der Waals surface area contributed by atoms with E-state index >= 15 is 4.39 Å². The number of hydrogen-bond donors (Lipinski definition) is 4. The summed E-state index contributed by atoms with van der Waals surface area (Å²) in [4.78, 5) is 18.8. The molecule has 0 atom stereocenters. The lowest BCUT2D eigenvalue weighted by molar-refractivity contribution is 0.425. The van der Waals surface area contributed by atoms with Gasteiger partial charge in [0.15, 0.2) is 11.6 Å². The third-order valence-electron chi connectivity index (χ3n) is 6.85. The number of pyridine rings is 2. The Bertz CT molecular complexity index is 1890. The molecule has 0 saturated carbocycles.